The molecule has 0 aromatic carbocycles. The van der Waals surface area contributed by atoms with E-state index in [-0.39, 0.29) is 23.0 Å². The molecule has 5 nitrogen and oxygen atoms in total. The van der Waals surface area contributed by atoms with Gasteiger partial charge in [0, 0.05) is 26.4 Å². The Morgan fingerprint density at radius 1 is 1.61 bits per heavy atom. The summed E-state index contributed by atoms with van der Waals surface area (Å²) >= 11 is 0. The smallest absolute Gasteiger partial charge is 0.276 e. The van der Waals surface area contributed by atoms with Crippen LogP contribution in [-0.4, -0.2) is 46.7 Å². The SMILES string of the molecule is COC1(C)CCCN(C(=O)c2ncccc2O)C1. The van der Waals surface area contributed by atoms with E-state index in [1.54, 1.807) is 18.1 Å². The minimum absolute atomic E-state index is 0.0767. The molecule has 1 aliphatic rings. The van der Waals surface area contributed by atoms with E-state index in [4.69, 9.17) is 4.74 Å². The molecule has 1 saturated heterocycles. The lowest BCUT2D eigenvalue weighted by Gasteiger charge is -2.39. The Labute approximate surface area is 106 Å². The predicted molar refractivity (Wildman–Crippen MR) is 66.5 cm³/mol. The van der Waals surface area contributed by atoms with Crippen LogP contribution in [0.3, 0.4) is 0 Å². The van der Waals surface area contributed by atoms with Crippen molar-refractivity contribution in [1.29, 1.82) is 0 Å². The lowest BCUT2D eigenvalue weighted by Crippen LogP contribution is -2.49. The van der Waals surface area contributed by atoms with E-state index in [1.807, 2.05) is 6.92 Å². The van der Waals surface area contributed by atoms with Crippen LogP contribution in [-0.2, 0) is 4.74 Å². The van der Waals surface area contributed by atoms with Crippen molar-refractivity contribution in [3.63, 3.8) is 0 Å². The number of carbonyl (C=O) groups is 1. The highest BCUT2D eigenvalue weighted by Gasteiger charge is 2.34. The number of likely N-dealkylation sites (tertiary alicyclic amines) is 1. The third kappa shape index (κ3) is 2.46. The van der Waals surface area contributed by atoms with Crippen molar-refractivity contribution in [2.45, 2.75) is 25.4 Å². The van der Waals surface area contributed by atoms with Gasteiger partial charge in [-0.3, -0.25) is 4.79 Å². The fraction of sp³-hybridized carbons (Fsp3) is 0.538. The maximum Gasteiger partial charge on any atom is 0.276 e. The van der Waals surface area contributed by atoms with Crippen LogP contribution in [0.25, 0.3) is 0 Å². The molecule has 1 N–H and O–H groups in total. The van der Waals surface area contributed by atoms with Gasteiger partial charge in [0.25, 0.3) is 5.91 Å². The Bertz CT molecular complexity index is 450. The number of ether oxygens (including phenoxy) is 1. The van der Waals surface area contributed by atoms with Crippen molar-refractivity contribution in [2.75, 3.05) is 20.2 Å². The van der Waals surface area contributed by atoms with E-state index in [9.17, 15) is 9.90 Å². The highest BCUT2D eigenvalue weighted by molar-refractivity contribution is 5.94. The van der Waals surface area contributed by atoms with Crippen molar-refractivity contribution < 1.29 is 14.6 Å². The molecule has 18 heavy (non-hydrogen) atoms. The molecule has 0 saturated carbocycles. The Morgan fingerprint density at radius 3 is 3.06 bits per heavy atom. The molecule has 0 bridgehead atoms. The van der Waals surface area contributed by atoms with Gasteiger partial charge in [-0.25, -0.2) is 4.98 Å². The summed E-state index contributed by atoms with van der Waals surface area (Å²) in [6.07, 6.45) is 3.33. The Kier molecular flexibility index (Phi) is 3.52. The zero-order valence-electron chi connectivity index (χ0n) is 10.7. The van der Waals surface area contributed by atoms with Crippen LogP contribution in [0.5, 0.6) is 5.75 Å². The van der Waals surface area contributed by atoms with E-state index < -0.39 is 0 Å². The van der Waals surface area contributed by atoms with Gasteiger partial charge in [0.05, 0.1) is 5.60 Å². The van der Waals surface area contributed by atoms with E-state index in [0.717, 1.165) is 12.8 Å². The minimum Gasteiger partial charge on any atom is -0.505 e. The summed E-state index contributed by atoms with van der Waals surface area (Å²) in [6.45, 7) is 3.19. The molecule has 98 valence electrons. The van der Waals surface area contributed by atoms with Crippen LogP contribution in [0, 0.1) is 0 Å². The monoisotopic (exact) mass is 250 g/mol. The number of methoxy groups -OCH3 is 1. The number of aromatic nitrogens is 1. The maximum atomic E-state index is 12.3. The molecular formula is C13H18N2O3. The molecule has 1 unspecified atom stereocenters. The molecule has 1 atom stereocenters. The molecule has 2 heterocycles. The number of aromatic hydroxyl groups is 1. The normalized spacial score (nSPS) is 24.0. The number of hydrogen-bond acceptors (Lipinski definition) is 4. The van der Waals surface area contributed by atoms with Crippen molar-refractivity contribution in [1.82, 2.24) is 9.88 Å². The fourth-order valence-corrected chi connectivity index (χ4v) is 2.26. The standard InChI is InChI=1S/C13H18N2O3/c1-13(18-2)6-4-8-15(9-13)12(17)11-10(16)5-3-7-14-11/h3,5,7,16H,4,6,8-9H2,1-2H3. The van der Waals surface area contributed by atoms with Crippen LogP contribution in [0.2, 0.25) is 0 Å². The van der Waals surface area contributed by atoms with Crippen LogP contribution >= 0.6 is 0 Å². The number of rotatable bonds is 2. The first-order chi connectivity index (χ1) is 8.56. The molecule has 1 amide bonds. The minimum atomic E-state index is -0.307. The third-order valence-electron chi connectivity index (χ3n) is 3.43. The average Bonchev–Trinajstić information content (AvgIpc) is 2.39. The fourth-order valence-electron chi connectivity index (χ4n) is 2.26. The number of amides is 1. The zero-order chi connectivity index (χ0) is 13.2. The molecule has 0 radical (unpaired) electrons. The van der Waals surface area contributed by atoms with Crippen LogP contribution < -0.4 is 0 Å². The molecule has 2 rings (SSSR count). The second kappa shape index (κ2) is 4.94. The molecule has 1 aromatic heterocycles. The van der Waals surface area contributed by atoms with Crippen molar-refractivity contribution >= 4 is 5.91 Å². The number of hydrogen-bond donors (Lipinski definition) is 1. The lowest BCUT2D eigenvalue weighted by atomic mass is 9.94. The van der Waals surface area contributed by atoms with Gasteiger partial charge in [0.15, 0.2) is 5.69 Å². The Morgan fingerprint density at radius 2 is 2.39 bits per heavy atom. The molecule has 1 fully saturated rings. The highest BCUT2D eigenvalue weighted by Crippen LogP contribution is 2.26. The Balaban J connectivity index is 2.17. The van der Waals surface area contributed by atoms with Gasteiger partial charge >= 0.3 is 0 Å². The molecule has 0 spiro atoms. The molecule has 0 aliphatic carbocycles. The van der Waals surface area contributed by atoms with Crippen molar-refractivity contribution in [3.05, 3.63) is 24.0 Å². The first-order valence-electron chi connectivity index (χ1n) is 6.04. The first kappa shape index (κ1) is 12.8. The van der Waals surface area contributed by atoms with Crippen LogP contribution in [0.1, 0.15) is 30.3 Å². The molecular weight excluding hydrogens is 232 g/mol. The average molecular weight is 250 g/mol. The largest absolute Gasteiger partial charge is 0.505 e. The summed E-state index contributed by atoms with van der Waals surface area (Å²) in [5, 5.41) is 9.66. The first-order valence-corrected chi connectivity index (χ1v) is 6.04. The number of carbonyl (C=O) groups excluding carboxylic acids is 1. The van der Waals surface area contributed by atoms with Crippen molar-refractivity contribution in [3.8, 4) is 5.75 Å². The molecule has 1 aliphatic heterocycles. The van der Waals surface area contributed by atoms with Gasteiger partial charge in [0.1, 0.15) is 5.75 Å². The van der Waals surface area contributed by atoms with Gasteiger partial charge in [-0.05, 0) is 31.9 Å². The van der Waals surface area contributed by atoms with Crippen LogP contribution in [0.15, 0.2) is 18.3 Å². The van der Waals surface area contributed by atoms with Gasteiger partial charge in [-0.15, -0.1) is 0 Å². The van der Waals surface area contributed by atoms with Gasteiger partial charge in [0.2, 0.25) is 0 Å². The van der Waals surface area contributed by atoms with Gasteiger partial charge in [-0.2, -0.15) is 0 Å². The topological polar surface area (TPSA) is 62.7 Å². The van der Waals surface area contributed by atoms with E-state index in [1.165, 1.54) is 12.3 Å². The van der Waals surface area contributed by atoms with Gasteiger partial charge in [-0.1, -0.05) is 0 Å². The lowest BCUT2D eigenvalue weighted by molar-refractivity contribution is -0.0441. The molecule has 5 heteroatoms. The second-order valence-electron chi connectivity index (χ2n) is 4.86. The van der Waals surface area contributed by atoms with E-state index >= 15 is 0 Å². The highest BCUT2D eigenvalue weighted by atomic mass is 16.5. The van der Waals surface area contributed by atoms with E-state index in [2.05, 4.69) is 4.98 Å². The third-order valence-corrected chi connectivity index (χ3v) is 3.43. The Hall–Kier alpha value is -1.62. The second-order valence-corrected chi connectivity index (χ2v) is 4.86. The summed E-state index contributed by atoms with van der Waals surface area (Å²) in [7, 11) is 1.66. The van der Waals surface area contributed by atoms with Gasteiger partial charge < -0.3 is 14.7 Å². The summed E-state index contributed by atoms with van der Waals surface area (Å²) in [5.74, 6) is -0.316. The van der Waals surface area contributed by atoms with E-state index in [0.29, 0.717) is 13.1 Å². The maximum absolute atomic E-state index is 12.3. The quantitative estimate of drug-likeness (QED) is 0.862. The molecule has 1 aromatic rings. The predicted octanol–water partition coefficient (Wildman–Crippen LogP) is 1.43. The van der Waals surface area contributed by atoms with Crippen LogP contribution in [0.4, 0.5) is 0 Å². The zero-order valence-corrected chi connectivity index (χ0v) is 10.7. The summed E-state index contributed by atoms with van der Waals surface area (Å²) in [6, 6.07) is 3.07. The summed E-state index contributed by atoms with van der Waals surface area (Å²) in [5.41, 5.74) is -0.198. The summed E-state index contributed by atoms with van der Waals surface area (Å²) < 4.78 is 5.45. The number of piperidine rings is 1. The number of nitrogens with zero attached hydrogens (tertiary/aromatic N) is 2. The van der Waals surface area contributed by atoms with Crippen molar-refractivity contribution in [2.24, 2.45) is 0 Å². The summed E-state index contributed by atoms with van der Waals surface area (Å²) in [4.78, 5) is 17.9. The number of pyridine rings is 1.